The van der Waals surface area contributed by atoms with Gasteiger partial charge in [0, 0.05) is 12.5 Å². The molecule has 0 unspecified atom stereocenters. The molecule has 0 radical (unpaired) electrons. The molecule has 28 heavy (non-hydrogen) atoms. The van der Waals surface area contributed by atoms with Gasteiger partial charge in [0.15, 0.2) is 5.82 Å². The van der Waals surface area contributed by atoms with Gasteiger partial charge >= 0.3 is 0 Å². The van der Waals surface area contributed by atoms with E-state index in [0.717, 1.165) is 42.8 Å². The lowest BCUT2D eigenvalue weighted by Crippen LogP contribution is -2.47. The molecule has 1 saturated carbocycles. The fraction of sp³-hybridized carbons (Fsp3) is 0.571. The van der Waals surface area contributed by atoms with Crippen molar-refractivity contribution in [2.45, 2.75) is 57.7 Å². The van der Waals surface area contributed by atoms with Crippen LogP contribution in [0.2, 0.25) is 0 Å². The topological polar surface area (TPSA) is 80.3 Å². The number of benzene rings is 1. The highest BCUT2D eigenvalue weighted by atomic mass is 16.5. The minimum Gasteiger partial charge on any atom is -0.497 e. The zero-order valence-electron chi connectivity index (χ0n) is 16.7. The number of H-pyrrole nitrogens is 1. The highest BCUT2D eigenvalue weighted by Gasteiger charge is 2.46. The van der Waals surface area contributed by atoms with Gasteiger partial charge in [0.25, 0.3) is 0 Å². The molecule has 0 spiro atoms. The first-order valence-electron chi connectivity index (χ1n) is 10.0. The number of methoxy groups -OCH3 is 1. The quantitative estimate of drug-likeness (QED) is 0.793. The van der Waals surface area contributed by atoms with Crippen molar-refractivity contribution in [3.05, 3.63) is 41.5 Å². The number of rotatable bonds is 7. The molecule has 4 rings (SSSR count). The molecule has 2 fully saturated rings. The molecular formula is C21H28N4O3. The summed E-state index contributed by atoms with van der Waals surface area (Å²) in [5.41, 5.74) is 1.01. The van der Waals surface area contributed by atoms with Crippen molar-refractivity contribution < 1.29 is 14.3 Å². The zero-order valence-corrected chi connectivity index (χ0v) is 16.7. The number of aromatic amines is 1. The summed E-state index contributed by atoms with van der Waals surface area (Å²) in [5.74, 6) is 2.92. The van der Waals surface area contributed by atoms with Crippen LogP contribution in [0.3, 0.4) is 0 Å². The van der Waals surface area contributed by atoms with E-state index in [9.17, 15) is 4.79 Å². The number of carbonyl (C=O) groups is 1. The van der Waals surface area contributed by atoms with Crippen molar-refractivity contribution in [2.75, 3.05) is 13.7 Å². The van der Waals surface area contributed by atoms with Crippen LogP contribution in [0.5, 0.6) is 5.75 Å². The third kappa shape index (κ3) is 3.90. The first kappa shape index (κ1) is 18.9. The van der Waals surface area contributed by atoms with E-state index in [1.54, 1.807) is 7.11 Å². The fourth-order valence-corrected chi connectivity index (χ4v) is 3.74. The van der Waals surface area contributed by atoms with Gasteiger partial charge in [0.1, 0.15) is 24.3 Å². The van der Waals surface area contributed by atoms with E-state index < -0.39 is 0 Å². The summed E-state index contributed by atoms with van der Waals surface area (Å²) < 4.78 is 11.3. The smallest absolute Gasteiger partial charge is 0.249 e. The van der Waals surface area contributed by atoms with Crippen molar-refractivity contribution in [2.24, 2.45) is 5.92 Å². The van der Waals surface area contributed by atoms with Crippen LogP contribution < -0.4 is 4.74 Å². The molecule has 1 aromatic carbocycles. The highest BCUT2D eigenvalue weighted by Crippen LogP contribution is 2.44. The maximum Gasteiger partial charge on any atom is 0.249 e. The van der Waals surface area contributed by atoms with Gasteiger partial charge in [-0.1, -0.05) is 26.0 Å². The number of hydrogen-bond acceptors (Lipinski definition) is 5. The lowest BCUT2D eigenvalue weighted by Gasteiger charge is -2.40. The molecule has 7 heteroatoms. The van der Waals surface area contributed by atoms with Crippen LogP contribution in [0.1, 0.15) is 62.5 Å². The van der Waals surface area contributed by atoms with Gasteiger partial charge in [-0.2, -0.15) is 5.10 Å². The van der Waals surface area contributed by atoms with Crippen molar-refractivity contribution >= 4 is 5.91 Å². The second-order valence-corrected chi connectivity index (χ2v) is 8.05. The van der Waals surface area contributed by atoms with E-state index >= 15 is 0 Å². The Balaban J connectivity index is 1.64. The number of ether oxygens (including phenoxy) is 2. The normalized spacial score (nSPS) is 22.7. The SMILES string of the molecule is COc1ccc([C@@H]2[C@@H](c3n[nH]c(CCC(C)C)n3)OCC(=O)N2C2CC2)cc1. The predicted molar refractivity (Wildman–Crippen MR) is 104 cm³/mol. The second-order valence-electron chi connectivity index (χ2n) is 8.05. The Bertz CT molecular complexity index is 813. The summed E-state index contributed by atoms with van der Waals surface area (Å²) in [6.07, 6.45) is 3.61. The lowest BCUT2D eigenvalue weighted by molar-refractivity contribution is -0.160. The molecule has 1 amide bonds. The first-order valence-corrected chi connectivity index (χ1v) is 10.0. The molecule has 2 heterocycles. The maximum atomic E-state index is 12.7. The van der Waals surface area contributed by atoms with Crippen LogP contribution in [0, 0.1) is 5.92 Å². The molecule has 2 aliphatic rings. The first-order chi connectivity index (χ1) is 13.6. The Morgan fingerprint density at radius 1 is 1.29 bits per heavy atom. The largest absolute Gasteiger partial charge is 0.497 e. The van der Waals surface area contributed by atoms with E-state index in [0.29, 0.717) is 11.7 Å². The molecule has 1 N–H and O–H groups in total. The highest BCUT2D eigenvalue weighted by molar-refractivity contribution is 5.79. The van der Waals surface area contributed by atoms with Crippen molar-refractivity contribution in [3.63, 3.8) is 0 Å². The zero-order chi connectivity index (χ0) is 19.7. The third-order valence-corrected chi connectivity index (χ3v) is 5.42. The van der Waals surface area contributed by atoms with Crippen molar-refractivity contribution in [3.8, 4) is 5.75 Å². The molecule has 1 aliphatic carbocycles. The Morgan fingerprint density at radius 2 is 2.04 bits per heavy atom. The standard InChI is InChI=1S/C21H28N4O3/c1-13(2)4-11-17-22-21(24-23-17)20-19(14-5-9-16(27-3)10-6-14)25(15-7-8-15)18(26)12-28-20/h5-6,9-10,13,15,19-20H,4,7-8,11-12H2,1-3H3,(H,22,23,24)/t19-,20+/m1/s1. The average Bonchev–Trinajstić information content (AvgIpc) is 3.43. The van der Waals surface area contributed by atoms with E-state index in [1.807, 2.05) is 29.2 Å². The van der Waals surface area contributed by atoms with Crippen LogP contribution in [-0.2, 0) is 16.0 Å². The molecule has 150 valence electrons. The van der Waals surface area contributed by atoms with Gasteiger partial charge in [0.2, 0.25) is 5.91 Å². The number of aryl methyl sites for hydroxylation is 1. The van der Waals surface area contributed by atoms with E-state index in [-0.39, 0.29) is 30.7 Å². The number of nitrogens with zero attached hydrogens (tertiary/aromatic N) is 3. The van der Waals surface area contributed by atoms with Crippen LogP contribution in [0.25, 0.3) is 0 Å². The Hall–Kier alpha value is -2.41. The van der Waals surface area contributed by atoms with Crippen molar-refractivity contribution in [1.29, 1.82) is 0 Å². The van der Waals surface area contributed by atoms with E-state index in [1.165, 1.54) is 0 Å². The summed E-state index contributed by atoms with van der Waals surface area (Å²) >= 11 is 0. The number of amides is 1. The molecule has 1 aromatic heterocycles. The van der Waals surface area contributed by atoms with Gasteiger partial charge in [-0.05, 0) is 42.9 Å². The maximum absolute atomic E-state index is 12.7. The Labute approximate surface area is 165 Å². The van der Waals surface area contributed by atoms with E-state index in [4.69, 9.17) is 14.5 Å². The summed E-state index contributed by atoms with van der Waals surface area (Å²) in [7, 11) is 1.65. The predicted octanol–water partition coefficient (Wildman–Crippen LogP) is 3.21. The number of hydrogen-bond donors (Lipinski definition) is 1. The van der Waals surface area contributed by atoms with Gasteiger partial charge in [-0.15, -0.1) is 0 Å². The molecule has 2 atom stereocenters. The summed E-state index contributed by atoms with van der Waals surface area (Å²) in [6.45, 7) is 4.46. The monoisotopic (exact) mass is 384 g/mol. The Morgan fingerprint density at radius 3 is 2.68 bits per heavy atom. The van der Waals surface area contributed by atoms with Crippen LogP contribution in [-0.4, -0.2) is 45.7 Å². The molecule has 2 aromatic rings. The summed E-state index contributed by atoms with van der Waals surface area (Å²) in [4.78, 5) is 19.4. The molecule has 0 bridgehead atoms. The lowest BCUT2D eigenvalue weighted by atomic mass is 9.96. The van der Waals surface area contributed by atoms with Crippen molar-refractivity contribution in [1.82, 2.24) is 20.1 Å². The molecule has 1 saturated heterocycles. The van der Waals surface area contributed by atoms with E-state index in [2.05, 4.69) is 24.0 Å². The molecule has 1 aliphatic heterocycles. The minimum atomic E-state index is -0.379. The van der Waals surface area contributed by atoms with Gasteiger partial charge in [0.05, 0.1) is 13.2 Å². The summed E-state index contributed by atoms with van der Waals surface area (Å²) in [5, 5.41) is 7.50. The van der Waals surface area contributed by atoms with Crippen LogP contribution in [0.15, 0.2) is 24.3 Å². The molecular weight excluding hydrogens is 356 g/mol. The number of morpholine rings is 1. The fourth-order valence-electron chi connectivity index (χ4n) is 3.74. The number of carbonyl (C=O) groups excluding carboxylic acids is 1. The second kappa shape index (κ2) is 7.91. The van der Waals surface area contributed by atoms with Gasteiger partial charge < -0.3 is 14.4 Å². The summed E-state index contributed by atoms with van der Waals surface area (Å²) in [6, 6.07) is 7.89. The molecule has 7 nitrogen and oxygen atoms in total. The minimum absolute atomic E-state index is 0.0372. The average molecular weight is 384 g/mol. The van der Waals surface area contributed by atoms with Gasteiger partial charge in [-0.3, -0.25) is 9.89 Å². The van der Waals surface area contributed by atoms with Crippen LogP contribution >= 0.6 is 0 Å². The Kier molecular flexibility index (Phi) is 5.35. The number of nitrogens with one attached hydrogen (secondary N) is 1. The third-order valence-electron chi connectivity index (χ3n) is 5.42. The number of aromatic nitrogens is 3. The van der Waals surface area contributed by atoms with Crippen LogP contribution in [0.4, 0.5) is 0 Å². The van der Waals surface area contributed by atoms with Gasteiger partial charge in [-0.25, -0.2) is 4.98 Å².